The molecule has 0 saturated carbocycles. The van der Waals surface area contributed by atoms with Crippen molar-refractivity contribution in [1.29, 1.82) is 0 Å². The van der Waals surface area contributed by atoms with Crippen LogP contribution in [0.2, 0.25) is 0 Å². The molecule has 0 spiro atoms. The fourth-order valence-electron chi connectivity index (χ4n) is 2.91. The SMILES string of the molecule is C=C/C=C(\C=C/C)n1nc(C(=O)OCC)c2c1-c1cc(N)ccc1OC2. The molecule has 0 radical (unpaired) electrons. The molecule has 1 aromatic heterocycles. The van der Waals surface area contributed by atoms with E-state index in [0.29, 0.717) is 17.0 Å². The van der Waals surface area contributed by atoms with Gasteiger partial charge in [0.1, 0.15) is 12.4 Å². The number of nitrogen functional groups attached to an aromatic ring is 1. The normalized spacial score (nSPS) is 13.1. The van der Waals surface area contributed by atoms with Gasteiger partial charge in [0.25, 0.3) is 0 Å². The molecule has 26 heavy (non-hydrogen) atoms. The average molecular weight is 351 g/mol. The van der Waals surface area contributed by atoms with Crippen molar-refractivity contribution < 1.29 is 14.3 Å². The van der Waals surface area contributed by atoms with E-state index in [2.05, 4.69) is 11.7 Å². The molecule has 2 N–H and O–H groups in total. The third-order valence-electron chi connectivity index (χ3n) is 3.95. The summed E-state index contributed by atoms with van der Waals surface area (Å²) in [5.74, 6) is 0.221. The van der Waals surface area contributed by atoms with Gasteiger partial charge in [-0.25, -0.2) is 9.48 Å². The second-order valence-corrected chi connectivity index (χ2v) is 5.68. The number of allylic oxidation sites excluding steroid dienone is 5. The number of benzene rings is 1. The minimum Gasteiger partial charge on any atom is -0.488 e. The maximum Gasteiger partial charge on any atom is 0.359 e. The lowest BCUT2D eigenvalue weighted by Crippen LogP contribution is -2.12. The van der Waals surface area contributed by atoms with Crippen LogP contribution in [0, 0.1) is 0 Å². The molecule has 0 atom stereocenters. The van der Waals surface area contributed by atoms with E-state index in [1.54, 1.807) is 23.7 Å². The first kappa shape index (κ1) is 17.5. The monoisotopic (exact) mass is 351 g/mol. The molecule has 3 rings (SSSR count). The lowest BCUT2D eigenvalue weighted by Gasteiger charge is -2.20. The van der Waals surface area contributed by atoms with Crippen molar-refractivity contribution in [2.45, 2.75) is 20.5 Å². The molecule has 1 aliphatic heterocycles. The van der Waals surface area contributed by atoms with Gasteiger partial charge in [-0.15, -0.1) is 0 Å². The maximum absolute atomic E-state index is 12.4. The number of hydrogen-bond donors (Lipinski definition) is 1. The molecule has 1 aromatic carbocycles. The number of carbonyl (C=O) groups excluding carboxylic acids is 1. The molecule has 0 aliphatic carbocycles. The van der Waals surface area contributed by atoms with Gasteiger partial charge in [-0.3, -0.25) is 0 Å². The van der Waals surface area contributed by atoms with Crippen LogP contribution in [0.4, 0.5) is 5.69 Å². The topological polar surface area (TPSA) is 79.4 Å². The molecular weight excluding hydrogens is 330 g/mol. The zero-order valence-corrected chi connectivity index (χ0v) is 14.9. The first-order valence-electron chi connectivity index (χ1n) is 8.38. The summed E-state index contributed by atoms with van der Waals surface area (Å²) in [6.07, 6.45) is 7.29. The summed E-state index contributed by atoms with van der Waals surface area (Å²) >= 11 is 0. The summed E-state index contributed by atoms with van der Waals surface area (Å²) in [5, 5.41) is 4.53. The summed E-state index contributed by atoms with van der Waals surface area (Å²) in [5.41, 5.74) is 9.83. The molecule has 134 valence electrons. The number of carbonyl (C=O) groups is 1. The van der Waals surface area contributed by atoms with Gasteiger partial charge in [-0.1, -0.05) is 18.7 Å². The molecule has 0 unspecified atom stereocenters. The van der Waals surface area contributed by atoms with E-state index in [4.69, 9.17) is 15.2 Å². The van der Waals surface area contributed by atoms with Crippen molar-refractivity contribution in [2.75, 3.05) is 12.3 Å². The standard InChI is InChI=1S/C20H21N3O3/c1-4-7-14(8-5-2)23-19-15-11-13(21)9-10-17(15)26-12-16(19)18(22-23)20(24)25-6-3/h4-5,7-11H,1,6,12,21H2,2-3H3/b8-5-,14-7+. The van der Waals surface area contributed by atoms with Crippen LogP contribution in [0.15, 0.2) is 49.1 Å². The molecule has 6 nitrogen and oxygen atoms in total. The second-order valence-electron chi connectivity index (χ2n) is 5.68. The van der Waals surface area contributed by atoms with Crippen molar-refractivity contribution in [1.82, 2.24) is 9.78 Å². The zero-order chi connectivity index (χ0) is 18.7. The van der Waals surface area contributed by atoms with Gasteiger partial charge >= 0.3 is 5.97 Å². The molecule has 6 heteroatoms. The predicted octanol–water partition coefficient (Wildman–Crippen LogP) is 3.80. The number of esters is 1. The van der Waals surface area contributed by atoms with Gasteiger partial charge in [0.05, 0.1) is 23.6 Å². The van der Waals surface area contributed by atoms with E-state index in [-0.39, 0.29) is 18.9 Å². The number of fused-ring (bicyclic) bond motifs is 3. The highest BCUT2D eigenvalue weighted by Crippen LogP contribution is 2.41. The number of aromatic nitrogens is 2. The Morgan fingerprint density at radius 3 is 3.00 bits per heavy atom. The number of rotatable bonds is 5. The summed E-state index contributed by atoms with van der Waals surface area (Å²) < 4.78 is 12.7. The third kappa shape index (κ3) is 3.01. The number of hydrogen-bond acceptors (Lipinski definition) is 5. The Kier molecular flexibility index (Phi) is 4.93. The molecule has 0 saturated heterocycles. The summed E-state index contributed by atoms with van der Waals surface area (Å²) in [7, 11) is 0. The van der Waals surface area contributed by atoms with E-state index in [1.165, 1.54) is 0 Å². The smallest absolute Gasteiger partial charge is 0.359 e. The lowest BCUT2D eigenvalue weighted by atomic mass is 10.0. The Morgan fingerprint density at radius 1 is 1.50 bits per heavy atom. The number of nitrogens with two attached hydrogens (primary N) is 1. The fourth-order valence-corrected chi connectivity index (χ4v) is 2.91. The Labute approximate surface area is 152 Å². The predicted molar refractivity (Wildman–Crippen MR) is 102 cm³/mol. The van der Waals surface area contributed by atoms with Crippen LogP contribution < -0.4 is 10.5 Å². The summed E-state index contributed by atoms with van der Waals surface area (Å²) in [4.78, 5) is 12.4. The van der Waals surface area contributed by atoms with E-state index >= 15 is 0 Å². The van der Waals surface area contributed by atoms with Crippen molar-refractivity contribution in [3.05, 3.63) is 60.3 Å². The van der Waals surface area contributed by atoms with Crippen LogP contribution in [0.1, 0.15) is 29.9 Å². The Balaban J connectivity index is 2.30. The van der Waals surface area contributed by atoms with Gasteiger partial charge in [0.2, 0.25) is 0 Å². The van der Waals surface area contributed by atoms with Gasteiger partial charge < -0.3 is 15.2 Å². The Hall–Kier alpha value is -3.28. The van der Waals surface area contributed by atoms with Crippen LogP contribution in [0.3, 0.4) is 0 Å². The van der Waals surface area contributed by atoms with Crippen LogP contribution in [0.5, 0.6) is 5.75 Å². The first-order chi connectivity index (χ1) is 12.6. The summed E-state index contributed by atoms with van der Waals surface area (Å²) in [6.45, 7) is 7.94. The molecule has 0 amide bonds. The number of ether oxygens (including phenoxy) is 2. The second kappa shape index (κ2) is 7.31. The third-order valence-corrected chi connectivity index (χ3v) is 3.95. The molecule has 0 bridgehead atoms. The average Bonchev–Trinajstić information content (AvgIpc) is 3.02. The van der Waals surface area contributed by atoms with Gasteiger partial charge in [-0.2, -0.15) is 5.10 Å². The number of nitrogens with zero attached hydrogens (tertiary/aromatic N) is 2. The van der Waals surface area contributed by atoms with E-state index in [9.17, 15) is 4.79 Å². The molecule has 2 aromatic rings. The van der Waals surface area contributed by atoms with Gasteiger partial charge in [0, 0.05) is 11.3 Å². The van der Waals surface area contributed by atoms with Crippen LogP contribution in [-0.2, 0) is 11.3 Å². The summed E-state index contributed by atoms with van der Waals surface area (Å²) in [6, 6.07) is 5.42. The highest BCUT2D eigenvalue weighted by Gasteiger charge is 2.30. The zero-order valence-electron chi connectivity index (χ0n) is 14.9. The Bertz CT molecular complexity index is 923. The molecular formula is C20H21N3O3. The molecule has 2 heterocycles. The van der Waals surface area contributed by atoms with Crippen LogP contribution in [0.25, 0.3) is 17.0 Å². The quantitative estimate of drug-likeness (QED) is 0.503. The van der Waals surface area contributed by atoms with Crippen molar-refractivity contribution >= 4 is 17.4 Å². The van der Waals surface area contributed by atoms with E-state index in [1.807, 2.05) is 37.3 Å². The van der Waals surface area contributed by atoms with E-state index < -0.39 is 5.97 Å². The Morgan fingerprint density at radius 2 is 2.31 bits per heavy atom. The lowest BCUT2D eigenvalue weighted by molar-refractivity contribution is 0.0516. The minimum absolute atomic E-state index is 0.234. The minimum atomic E-state index is -0.475. The maximum atomic E-state index is 12.4. The first-order valence-corrected chi connectivity index (χ1v) is 8.38. The van der Waals surface area contributed by atoms with Gasteiger partial charge in [-0.05, 0) is 44.2 Å². The molecule has 1 aliphatic rings. The van der Waals surface area contributed by atoms with Crippen LogP contribution in [-0.4, -0.2) is 22.4 Å². The fraction of sp³-hybridized carbons (Fsp3) is 0.200. The van der Waals surface area contributed by atoms with Gasteiger partial charge in [0.15, 0.2) is 5.69 Å². The van der Waals surface area contributed by atoms with Crippen LogP contribution >= 0.6 is 0 Å². The molecule has 0 fully saturated rings. The van der Waals surface area contributed by atoms with Crippen molar-refractivity contribution in [3.63, 3.8) is 0 Å². The van der Waals surface area contributed by atoms with Crippen molar-refractivity contribution in [3.8, 4) is 17.0 Å². The highest BCUT2D eigenvalue weighted by molar-refractivity contribution is 5.93. The van der Waals surface area contributed by atoms with E-state index in [0.717, 1.165) is 17.0 Å². The highest BCUT2D eigenvalue weighted by atomic mass is 16.5. The van der Waals surface area contributed by atoms with Crippen molar-refractivity contribution in [2.24, 2.45) is 0 Å². The number of anilines is 1. The largest absolute Gasteiger partial charge is 0.488 e.